The zero-order valence-electron chi connectivity index (χ0n) is 8.81. The molecule has 0 aliphatic carbocycles. The molecule has 0 fully saturated rings. The van der Waals surface area contributed by atoms with Gasteiger partial charge in [0, 0.05) is 0 Å². The molecule has 0 saturated heterocycles. The first-order chi connectivity index (χ1) is 6.70. The fraction of sp³-hybridized carbons (Fsp3) is 0.455. The van der Waals surface area contributed by atoms with Crippen LogP contribution in [-0.4, -0.2) is 15.0 Å². The second kappa shape index (κ2) is 3.40. The third-order valence-electron chi connectivity index (χ3n) is 2.73. The molecule has 0 N–H and O–H groups in total. The van der Waals surface area contributed by atoms with E-state index in [4.69, 9.17) is 0 Å². The van der Waals surface area contributed by atoms with Crippen molar-refractivity contribution in [3.63, 3.8) is 0 Å². The summed E-state index contributed by atoms with van der Waals surface area (Å²) in [7, 11) is 0. The third-order valence-corrected chi connectivity index (χ3v) is 2.73. The van der Waals surface area contributed by atoms with Gasteiger partial charge in [-0.25, -0.2) is 4.68 Å². The average Bonchev–Trinajstić information content (AvgIpc) is 2.60. The zero-order chi connectivity index (χ0) is 10.1. The van der Waals surface area contributed by atoms with Crippen molar-refractivity contribution in [2.24, 2.45) is 5.92 Å². The number of hydrogen-bond donors (Lipinski definition) is 0. The van der Waals surface area contributed by atoms with E-state index >= 15 is 0 Å². The number of benzene rings is 1. The summed E-state index contributed by atoms with van der Waals surface area (Å²) in [4.78, 5) is 0. The van der Waals surface area contributed by atoms with Gasteiger partial charge in [0.2, 0.25) is 0 Å². The minimum atomic E-state index is 0.391. The van der Waals surface area contributed by atoms with Gasteiger partial charge >= 0.3 is 0 Å². The molecule has 0 saturated carbocycles. The number of fused-ring (bicyclic) bond motifs is 1. The van der Waals surface area contributed by atoms with E-state index in [-0.39, 0.29) is 0 Å². The summed E-state index contributed by atoms with van der Waals surface area (Å²) in [5.41, 5.74) is 2.09. The molecule has 0 aliphatic heterocycles. The quantitative estimate of drug-likeness (QED) is 0.727. The van der Waals surface area contributed by atoms with Crippen LogP contribution in [0.25, 0.3) is 11.0 Å². The standard InChI is InChI=1S/C11H15N3/c1-8(2)9(3)14-11-7-5-4-6-10(11)12-13-14/h4-9H,1-3H3/t9-/m0/s1. The van der Waals surface area contributed by atoms with Crippen molar-refractivity contribution in [2.45, 2.75) is 26.8 Å². The van der Waals surface area contributed by atoms with Crippen molar-refractivity contribution in [3.05, 3.63) is 24.3 Å². The molecular weight excluding hydrogens is 174 g/mol. The maximum atomic E-state index is 4.18. The van der Waals surface area contributed by atoms with Gasteiger partial charge in [0.15, 0.2) is 0 Å². The average molecular weight is 189 g/mol. The molecule has 1 aromatic heterocycles. The monoisotopic (exact) mass is 189 g/mol. The molecule has 3 heteroatoms. The number of rotatable bonds is 2. The smallest absolute Gasteiger partial charge is 0.113 e. The lowest BCUT2D eigenvalue weighted by Gasteiger charge is -2.15. The predicted molar refractivity (Wildman–Crippen MR) is 57.1 cm³/mol. The number of nitrogens with zero attached hydrogens (tertiary/aromatic N) is 3. The lowest BCUT2D eigenvalue weighted by atomic mass is 10.1. The van der Waals surface area contributed by atoms with E-state index < -0.39 is 0 Å². The molecule has 0 amide bonds. The molecule has 2 rings (SSSR count). The topological polar surface area (TPSA) is 30.7 Å². The van der Waals surface area contributed by atoms with Gasteiger partial charge in [0.25, 0.3) is 0 Å². The Morgan fingerprint density at radius 1 is 1.14 bits per heavy atom. The van der Waals surface area contributed by atoms with E-state index in [1.54, 1.807) is 0 Å². The maximum absolute atomic E-state index is 4.18. The molecule has 74 valence electrons. The molecule has 14 heavy (non-hydrogen) atoms. The number of hydrogen-bond acceptors (Lipinski definition) is 2. The molecule has 0 spiro atoms. The Kier molecular flexibility index (Phi) is 2.23. The van der Waals surface area contributed by atoms with Crippen LogP contribution in [0.3, 0.4) is 0 Å². The van der Waals surface area contributed by atoms with Gasteiger partial charge in [-0.05, 0) is 25.0 Å². The van der Waals surface area contributed by atoms with Crippen LogP contribution in [0, 0.1) is 5.92 Å². The lowest BCUT2D eigenvalue weighted by Crippen LogP contribution is -2.12. The minimum Gasteiger partial charge on any atom is -0.242 e. The van der Waals surface area contributed by atoms with E-state index in [9.17, 15) is 0 Å². The summed E-state index contributed by atoms with van der Waals surface area (Å²) in [6.07, 6.45) is 0. The Morgan fingerprint density at radius 2 is 1.86 bits per heavy atom. The number of para-hydroxylation sites is 1. The molecule has 0 bridgehead atoms. The molecule has 1 atom stereocenters. The molecule has 3 nitrogen and oxygen atoms in total. The molecule has 1 aromatic carbocycles. The lowest BCUT2D eigenvalue weighted by molar-refractivity contribution is 0.377. The van der Waals surface area contributed by atoms with E-state index in [2.05, 4.69) is 37.1 Å². The largest absolute Gasteiger partial charge is 0.242 e. The van der Waals surface area contributed by atoms with Crippen molar-refractivity contribution in [1.29, 1.82) is 0 Å². The van der Waals surface area contributed by atoms with Crippen LogP contribution >= 0.6 is 0 Å². The van der Waals surface area contributed by atoms with E-state index in [0.717, 1.165) is 11.0 Å². The summed E-state index contributed by atoms with van der Waals surface area (Å²) in [6.45, 7) is 6.56. The van der Waals surface area contributed by atoms with Crippen LogP contribution in [0.5, 0.6) is 0 Å². The maximum Gasteiger partial charge on any atom is 0.113 e. The summed E-state index contributed by atoms with van der Waals surface area (Å²) in [6, 6.07) is 8.46. The van der Waals surface area contributed by atoms with Crippen LogP contribution in [0.2, 0.25) is 0 Å². The fourth-order valence-corrected chi connectivity index (χ4v) is 1.47. The van der Waals surface area contributed by atoms with Crippen molar-refractivity contribution in [3.8, 4) is 0 Å². The highest BCUT2D eigenvalue weighted by Gasteiger charge is 2.13. The Hall–Kier alpha value is -1.38. The highest BCUT2D eigenvalue weighted by molar-refractivity contribution is 5.73. The van der Waals surface area contributed by atoms with Crippen LogP contribution in [-0.2, 0) is 0 Å². The normalized spacial score (nSPS) is 13.7. The molecule has 0 radical (unpaired) electrons. The molecule has 0 unspecified atom stereocenters. The molecule has 0 aliphatic rings. The van der Waals surface area contributed by atoms with E-state index in [1.165, 1.54) is 0 Å². The highest BCUT2D eigenvalue weighted by Crippen LogP contribution is 2.20. The van der Waals surface area contributed by atoms with Gasteiger partial charge in [-0.2, -0.15) is 0 Å². The fourth-order valence-electron chi connectivity index (χ4n) is 1.47. The van der Waals surface area contributed by atoms with Crippen LogP contribution in [0.1, 0.15) is 26.8 Å². The first-order valence-electron chi connectivity index (χ1n) is 5.00. The molecule has 1 heterocycles. The Bertz CT molecular complexity index is 431. The minimum absolute atomic E-state index is 0.391. The molecular formula is C11H15N3. The second-order valence-electron chi connectivity index (χ2n) is 4.01. The Morgan fingerprint density at radius 3 is 2.57 bits per heavy atom. The third kappa shape index (κ3) is 1.39. The van der Waals surface area contributed by atoms with Gasteiger partial charge < -0.3 is 0 Å². The van der Waals surface area contributed by atoms with Crippen molar-refractivity contribution < 1.29 is 0 Å². The summed E-state index contributed by atoms with van der Waals surface area (Å²) < 4.78 is 2.00. The first-order valence-corrected chi connectivity index (χ1v) is 5.00. The Labute approximate surface area is 83.7 Å². The zero-order valence-corrected chi connectivity index (χ0v) is 8.81. The van der Waals surface area contributed by atoms with Crippen LogP contribution < -0.4 is 0 Å². The van der Waals surface area contributed by atoms with Crippen molar-refractivity contribution in [2.75, 3.05) is 0 Å². The van der Waals surface area contributed by atoms with Crippen molar-refractivity contribution in [1.82, 2.24) is 15.0 Å². The van der Waals surface area contributed by atoms with Crippen molar-refractivity contribution >= 4 is 11.0 Å². The highest BCUT2D eigenvalue weighted by atomic mass is 15.4. The second-order valence-corrected chi connectivity index (χ2v) is 4.01. The number of aromatic nitrogens is 3. The van der Waals surface area contributed by atoms with Gasteiger partial charge in [0.1, 0.15) is 5.52 Å². The van der Waals surface area contributed by atoms with Crippen LogP contribution in [0.4, 0.5) is 0 Å². The first kappa shape index (κ1) is 9.19. The summed E-state index contributed by atoms with van der Waals surface area (Å²) in [5.74, 6) is 0.570. The predicted octanol–water partition coefficient (Wildman–Crippen LogP) is 2.65. The summed E-state index contributed by atoms with van der Waals surface area (Å²) in [5, 5.41) is 8.32. The van der Waals surface area contributed by atoms with E-state index in [1.807, 2.05) is 22.9 Å². The SMILES string of the molecule is CC(C)[C@H](C)n1nnc2ccccc21. The van der Waals surface area contributed by atoms with Gasteiger partial charge in [-0.3, -0.25) is 0 Å². The van der Waals surface area contributed by atoms with Gasteiger partial charge in [-0.15, -0.1) is 5.10 Å². The van der Waals surface area contributed by atoms with Gasteiger partial charge in [0.05, 0.1) is 11.6 Å². The van der Waals surface area contributed by atoms with Crippen LogP contribution in [0.15, 0.2) is 24.3 Å². The van der Waals surface area contributed by atoms with E-state index in [0.29, 0.717) is 12.0 Å². The molecule has 2 aromatic rings. The summed E-state index contributed by atoms with van der Waals surface area (Å²) >= 11 is 0. The van der Waals surface area contributed by atoms with Gasteiger partial charge in [-0.1, -0.05) is 31.2 Å². The Balaban J connectivity index is 2.53.